The molecule has 0 saturated heterocycles. The molecule has 8 heteroatoms. The summed E-state index contributed by atoms with van der Waals surface area (Å²) in [5.41, 5.74) is -1.07. The third kappa shape index (κ3) is 2.56. The lowest BCUT2D eigenvalue weighted by Crippen LogP contribution is -2.30. The number of ether oxygens (including phenoxy) is 2. The van der Waals surface area contributed by atoms with Gasteiger partial charge < -0.3 is 14.0 Å². The topological polar surface area (TPSA) is 57.5 Å². The van der Waals surface area contributed by atoms with Crippen LogP contribution in [0.1, 0.15) is 28.9 Å². The molecule has 28 heavy (non-hydrogen) atoms. The zero-order valence-electron chi connectivity index (χ0n) is 14.7. The van der Waals surface area contributed by atoms with Crippen molar-refractivity contribution in [1.29, 1.82) is 0 Å². The number of carbonyl (C=O) groups excluding carboxylic acids is 1. The fourth-order valence-electron chi connectivity index (χ4n) is 3.38. The summed E-state index contributed by atoms with van der Waals surface area (Å²) < 4.78 is 54.5. The Balaban J connectivity index is 2.12. The average Bonchev–Trinajstić information content (AvgIpc) is 2.71. The molecule has 0 unspecified atom stereocenters. The molecule has 2 aromatic carbocycles. The maximum Gasteiger partial charge on any atom is 0.343 e. The number of aromatic nitrogens is 1. The van der Waals surface area contributed by atoms with Crippen LogP contribution in [-0.2, 0) is 4.74 Å². The van der Waals surface area contributed by atoms with Gasteiger partial charge in [0.05, 0.1) is 18.0 Å². The van der Waals surface area contributed by atoms with Crippen LogP contribution in [0.25, 0.3) is 10.9 Å². The summed E-state index contributed by atoms with van der Waals surface area (Å²) in [6.07, 6.45) is 1.18. The van der Waals surface area contributed by atoms with Gasteiger partial charge in [-0.25, -0.2) is 13.6 Å². The van der Waals surface area contributed by atoms with E-state index in [2.05, 4.69) is 0 Å². The molecule has 0 N–H and O–H groups in total. The van der Waals surface area contributed by atoms with Gasteiger partial charge in [-0.2, -0.15) is 4.39 Å². The molecule has 4 rings (SSSR count). The fraction of sp³-hybridized carbons (Fsp3) is 0.200. The quantitative estimate of drug-likeness (QED) is 0.508. The summed E-state index contributed by atoms with van der Waals surface area (Å²) in [6, 6.07) is 8.27. The Hall–Kier alpha value is -3.29. The van der Waals surface area contributed by atoms with Gasteiger partial charge >= 0.3 is 5.97 Å². The van der Waals surface area contributed by atoms with Gasteiger partial charge in [0, 0.05) is 6.20 Å². The molecule has 2 heterocycles. The first kappa shape index (κ1) is 18.1. The lowest BCUT2D eigenvalue weighted by atomic mass is 10.0. The Bertz CT molecular complexity index is 1160. The Morgan fingerprint density at radius 2 is 1.89 bits per heavy atom. The van der Waals surface area contributed by atoms with E-state index in [4.69, 9.17) is 9.47 Å². The molecule has 0 amide bonds. The first-order valence-electron chi connectivity index (χ1n) is 8.55. The van der Waals surface area contributed by atoms with Gasteiger partial charge in [-0.05, 0) is 12.5 Å². The predicted octanol–water partition coefficient (Wildman–Crippen LogP) is 3.58. The second kappa shape index (κ2) is 6.70. The van der Waals surface area contributed by atoms with Gasteiger partial charge in [0.15, 0.2) is 17.4 Å². The number of benzene rings is 2. The molecule has 144 valence electrons. The van der Waals surface area contributed by atoms with Crippen molar-refractivity contribution in [2.75, 3.05) is 13.2 Å². The molecule has 0 aliphatic carbocycles. The Kier molecular flexibility index (Phi) is 4.33. The number of hydrogen-bond donors (Lipinski definition) is 0. The first-order valence-corrected chi connectivity index (χ1v) is 8.55. The summed E-state index contributed by atoms with van der Waals surface area (Å²) >= 11 is 0. The minimum atomic E-state index is -1.83. The molecule has 0 fully saturated rings. The van der Waals surface area contributed by atoms with Crippen LogP contribution in [0.2, 0.25) is 0 Å². The highest BCUT2D eigenvalue weighted by atomic mass is 19.2. The van der Waals surface area contributed by atoms with Crippen molar-refractivity contribution in [1.82, 2.24) is 4.57 Å². The highest BCUT2D eigenvalue weighted by Gasteiger charge is 2.33. The van der Waals surface area contributed by atoms with E-state index in [0.717, 1.165) is 5.56 Å². The van der Waals surface area contributed by atoms with Crippen LogP contribution in [0.4, 0.5) is 13.2 Å². The van der Waals surface area contributed by atoms with Crippen LogP contribution >= 0.6 is 0 Å². The summed E-state index contributed by atoms with van der Waals surface area (Å²) in [7, 11) is 0. The molecule has 1 aromatic heterocycles. The standard InChI is InChI=1S/C20H14F3NO4/c1-2-27-20(26)11-8-24-12(10-6-4-3-5-7-10)9-28-19-16(23)15(22)14(21)13(17(19)24)18(11)25/h3-8,12H,2,9H2,1H3/t12-/m0/s1. The van der Waals surface area contributed by atoms with Crippen LogP contribution in [0, 0.1) is 17.5 Å². The number of rotatable bonds is 3. The summed E-state index contributed by atoms with van der Waals surface area (Å²) in [6.45, 7) is 1.45. The number of nitrogens with zero attached hydrogens (tertiary/aromatic N) is 1. The molecule has 1 aliphatic heterocycles. The third-order valence-corrected chi connectivity index (χ3v) is 4.66. The summed E-state index contributed by atoms with van der Waals surface area (Å²) in [4.78, 5) is 24.9. The molecular weight excluding hydrogens is 375 g/mol. The highest BCUT2D eigenvalue weighted by Crippen LogP contribution is 2.38. The third-order valence-electron chi connectivity index (χ3n) is 4.66. The summed E-state index contributed by atoms with van der Waals surface area (Å²) in [5.74, 6) is -6.55. The van der Waals surface area contributed by atoms with Gasteiger partial charge in [0.2, 0.25) is 11.2 Å². The zero-order chi connectivity index (χ0) is 20.0. The maximum absolute atomic E-state index is 14.6. The van der Waals surface area contributed by atoms with Gasteiger partial charge in [-0.3, -0.25) is 4.79 Å². The van der Waals surface area contributed by atoms with Crippen LogP contribution in [-0.4, -0.2) is 23.8 Å². The molecule has 3 aromatic rings. The monoisotopic (exact) mass is 389 g/mol. The second-order valence-corrected chi connectivity index (χ2v) is 6.23. The average molecular weight is 389 g/mol. The Morgan fingerprint density at radius 1 is 1.18 bits per heavy atom. The molecule has 1 aliphatic rings. The number of hydrogen-bond acceptors (Lipinski definition) is 4. The van der Waals surface area contributed by atoms with E-state index in [9.17, 15) is 22.8 Å². The Morgan fingerprint density at radius 3 is 2.57 bits per heavy atom. The number of esters is 1. The van der Waals surface area contributed by atoms with E-state index in [1.54, 1.807) is 37.3 Å². The fourth-order valence-corrected chi connectivity index (χ4v) is 3.38. The van der Waals surface area contributed by atoms with E-state index in [1.807, 2.05) is 0 Å². The zero-order valence-corrected chi connectivity index (χ0v) is 14.7. The minimum Gasteiger partial charge on any atom is -0.486 e. The van der Waals surface area contributed by atoms with E-state index in [1.165, 1.54) is 10.8 Å². The van der Waals surface area contributed by atoms with Crippen molar-refractivity contribution in [2.24, 2.45) is 0 Å². The van der Waals surface area contributed by atoms with Crippen molar-refractivity contribution in [2.45, 2.75) is 13.0 Å². The highest BCUT2D eigenvalue weighted by molar-refractivity contribution is 5.96. The van der Waals surface area contributed by atoms with Crippen molar-refractivity contribution >= 4 is 16.9 Å². The van der Waals surface area contributed by atoms with Gasteiger partial charge in [-0.1, -0.05) is 30.3 Å². The predicted molar refractivity (Wildman–Crippen MR) is 94.1 cm³/mol. The van der Waals surface area contributed by atoms with Crippen LogP contribution in [0.3, 0.4) is 0 Å². The van der Waals surface area contributed by atoms with Gasteiger partial charge in [0.25, 0.3) is 0 Å². The number of carbonyl (C=O) groups is 1. The molecule has 5 nitrogen and oxygen atoms in total. The number of pyridine rings is 1. The van der Waals surface area contributed by atoms with Crippen molar-refractivity contribution in [3.8, 4) is 5.75 Å². The van der Waals surface area contributed by atoms with E-state index >= 15 is 0 Å². The molecular formula is C20H14F3NO4. The maximum atomic E-state index is 14.6. The molecule has 0 radical (unpaired) electrons. The van der Waals surface area contributed by atoms with E-state index in [0.29, 0.717) is 0 Å². The first-order chi connectivity index (χ1) is 13.5. The molecule has 0 saturated carbocycles. The van der Waals surface area contributed by atoms with Gasteiger partial charge in [0.1, 0.15) is 17.7 Å². The smallest absolute Gasteiger partial charge is 0.343 e. The largest absolute Gasteiger partial charge is 0.486 e. The SMILES string of the molecule is CCOC(=O)c1cn2c3c(c(F)c(F)c(F)c3c1=O)OC[C@H]2c1ccccc1. The Labute approximate surface area is 156 Å². The molecule has 0 spiro atoms. The van der Waals surface area contributed by atoms with Crippen molar-refractivity contribution in [3.63, 3.8) is 0 Å². The molecule has 0 bridgehead atoms. The van der Waals surface area contributed by atoms with Crippen LogP contribution in [0.5, 0.6) is 5.75 Å². The number of halogens is 3. The van der Waals surface area contributed by atoms with Crippen molar-refractivity contribution < 1.29 is 27.4 Å². The second-order valence-electron chi connectivity index (χ2n) is 6.23. The van der Waals surface area contributed by atoms with Crippen LogP contribution < -0.4 is 10.2 Å². The van der Waals surface area contributed by atoms with Gasteiger partial charge in [-0.15, -0.1) is 0 Å². The van der Waals surface area contributed by atoms with E-state index in [-0.39, 0.29) is 18.7 Å². The minimum absolute atomic E-state index is 0.00690. The van der Waals surface area contributed by atoms with Crippen LogP contribution in [0.15, 0.2) is 41.3 Å². The van der Waals surface area contributed by atoms with Crippen molar-refractivity contribution in [3.05, 3.63) is 75.3 Å². The normalized spacial score (nSPS) is 15.4. The van der Waals surface area contributed by atoms with E-state index < -0.39 is 51.6 Å². The lowest BCUT2D eigenvalue weighted by molar-refractivity contribution is 0.0523. The summed E-state index contributed by atoms with van der Waals surface area (Å²) in [5, 5.41) is -0.750. The molecule has 1 atom stereocenters. The lowest BCUT2D eigenvalue weighted by Gasteiger charge is -2.30.